The van der Waals surface area contributed by atoms with Crippen LogP contribution in [0.4, 0.5) is 0 Å². The third-order valence-corrected chi connectivity index (χ3v) is 4.81. The minimum atomic E-state index is -0.250. The fraction of sp³-hybridized carbons (Fsp3) is 0.389. The second-order valence-corrected chi connectivity index (χ2v) is 6.80. The average molecular weight is 344 g/mol. The molecule has 0 aliphatic heterocycles. The summed E-state index contributed by atoms with van der Waals surface area (Å²) >= 11 is 1.20. The molecule has 0 amide bonds. The fourth-order valence-corrected chi connectivity index (χ4v) is 3.45. The number of benzene rings is 1. The minimum Gasteiger partial charge on any atom is -0.462 e. The predicted molar refractivity (Wildman–Crippen MR) is 94.0 cm³/mol. The molecule has 0 spiro atoms. The van der Waals surface area contributed by atoms with Crippen LogP contribution < -0.4 is 5.56 Å². The number of aromatic amines is 1. The number of thioether (sulfide) groups is 1. The predicted octanol–water partition coefficient (Wildman–Crippen LogP) is 3.40. The van der Waals surface area contributed by atoms with E-state index in [4.69, 9.17) is 4.74 Å². The minimum absolute atomic E-state index is 0.0505. The van der Waals surface area contributed by atoms with Crippen molar-refractivity contribution in [1.82, 2.24) is 9.97 Å². The number of carbonyl (C=O) groups is 1. The Hall–Kier alpha value is -2.08. The molecule has 3 rings (SSSR count). The lowest BCUT2D eigenvalue weighted by Crippen LogP contribution is -2.22. The Labute approximate surface area is 144 Å². The zero-order valence-electron chi connectivity index (χ0n) is 13.4. The van der Waals surface area contributed by atoms with E-state index < -0.39 is 0 Å². The van der Waals surface area contributed by atoms with Gasteiger partial charge < -0.3 is 9.72 Å². The van der Waals surface area contributed by atoms with Gasteiger partial charge in [0.1, 0.15) is 6.10 Å². The molecule has 6 heteroatoms. The van der Waals surface area contributed by atoms with Gasteiger partial charge in [-0.25, -0.2) is 4.98 Å². The Bertz CT molecular complexity index is 739. The van der Waals surface area contributed by atoms with Gasteiger partial charge in [-0.05, 0) is 25.7 Å². The summed E-state index contributed by atoms with van der Waals surface area (Å²) < 4.78 is 5.48. The molecule has 0 saturated heterocycles. The lowest BCUT2D eigenvalue weighted by atomic mass is 9.98. The zero-order valence-corrected chi connectivity index (χ0v) is 14.2. The monoisotopic (exact) mass is 344 g/mol. The molecule has 126 valence electrons. The number of nitrogens with zero attached hydrogens (tertiary/aromatic N) is 1. The van der Waals surface area contributed by atoms with Crippen molar-refractivity contribution < 1.29 is 9.53 Å². The Morgan fingerprint density at radius 1 is 1.21 bits per heavy atom. The second kappa shape index (κ2) is 8.15. The maximum Gasteiger partial charge on any atom is 0.316 e. The third kappa shape index (κ3) is 4.71. The van der Waals surface area contributed by atoms with E-state index in [1.54, 1.807) is 0 Å². The molecular weight excluding hydrogens is 324 g/mol. The number of hydrogen-bond acceptors (Lipinski definition) is 5. The highest BCUT2D eigenvalue weighted by Crippen LogP contribution is 2.22. The number of H-pyrrole nitrogens is 1. The molecule has 0 radical (unpaired) electrons. The van der Waals surface area contributed by atoms with Gasteiger partial charge >= 0.3 is 5.97 Å². The van der Waals surface area contributed by atoms with Gasteiger partial charge in [0.25, 0.3) is 5.56 Å². The van der Waals surface area contributed by atoms with E-state index in [-0.39, 0.29) is 23.4 Å². The number of esters is 1. The van der Waals surface area contributed by atoms with E-state index >= 15 is 0 Å². The van der Waals surface area contributed by atoms with Gasteiger partial charge in [0, 0.05) is 11.6 Å². The summed E-state index contributed by atoms with van der Waals surface area (Å²) in [7, 11) is 0. The molecule has 1 aromatic heterocycles. The van der Waals surface area contributed by atoms with Gasteiger partial charge in [0.05, 0.1) is 11.4 Å². The Morgan fingerprint density at radius 3 is 2.71 bits per heavy atom. The van der Waals surface area contributed by atoms with Crippen molar-refractivity contribution in [3.8, 4) is 11.3 Å². The van der Waals surface area contributed by atoms with E-state index in [1.165, 1.54) is 24.2 Å². The van der Waals surface area contributed by atoms with Crippen LogP contribution in [0.1, 0.15) is 32.1 Å². The van der Waals surface area contributed by atoms with Crippen molar-refractivity contribution in [1.29, 1.82) is 0 Å². The van der Waals surface area contributed by atoms with Crippen LogP contribution in [0.15, 0.2) is 46.3 Å². The first-order chi connectivity index (χ1) is 11.7. The van der Waals surface area contributed by atoms with Crippen molar-refractivity contribution in [2.75, 3.05) is 5.75 Å². The smallest absolute Gasteiger partial charge is 0.316 e. The van der Waals surface area contributed by atoms with Crippen molar-refractivity contribution in [3.05, 3.63) is 46.8 Å². The van der Waals surface area contributed by atoms with Crippen LogP contribution in [0.3, 0.4) is 0 Å². The molecule has 1 heterocycles. The zero-order chi connectivity index (χ0) is 16.8. The molecule has 2 aromatic rings. The first-order valence-corrected chi connectivity index (χ1v) is 9.18. The lowest BCUT2D eigenvalue weighted by molar-refractivity contribution is -0.147. The number of aromatic nitrogens is 2. The Balaban J connectivity index is 1.61. The van der Waals surface area contributed by atoms with E-state index in [1.807, 2.05) is 30.3 Å². The molecule has 1 aliphatic rings. The molecular formula is C18H20N2O3S. The van der Waals surface area contributed by atoms with Gasteiger partial charge in [0.2, 0.25) is 0 Å². The van der Waals surface area contributed by atoms with Gasteiger partial charge in [-0.15, -0.1) is 0 Å². The maximum absolute atomic E-state index is 12.0. The number of rotatable bonds is 5. The number of nitrogens with one attached hydrogen (secondary N) is 1. The van der Waals surface area contributed by atoms with Crippen LogP contribution >= 0.6 is 11.8 Å². The third-order valence-electron chi connectivity index (χ3n) is 3.97. The molecule has 24 heavy (non-hydrogen) atoms. The molecule has 0 unspecified atom stereocenters. The van der Waals surface area contributed by atoms with E-state index in [9.17, 15) is 9.59 Å². The summed E-state index contributed by atoms with van der Waals surface area (Å²) in [5.41, 5.74) is 1.24. The highest BCUT2D eigenvalue weighted by molar-refractivity contribution is 7.99. The quantitative estimate of drug-likeness (QED) is 0.511. The molecule has 1 fully saturated rings. The van der Waals surface area contributed by atoms with Crippen LogP contribution in [-0.2, 0) is 9.53 Å². The lowest BCUT2D eigenvalue weighted by Gasteiger charge is -2.21. The van der Waals surface area contributed by atoms with Gasteiger partial charge in [-0.1, -0.05) is 48.5 Å². The molecule has 0 atom stereocenters. The second-order valence-electron chi connectivity index (χ2n) is 5.84. The Kier molecular flexibility index (Phi) is 5.69. The summed E-state index contributed by atoms with van der Waals surface area (Å²) in [5, 5.41) is 0.432. The van der Waals surface area contributed by atoms with Crippen molar-refractivity contribution in [2.45, 2.75) is 43.4 Å². The van der Waals surface area contributed by atoms with Crippen molar-refractivity contribution >= 4 is 17.7 Å². The van der Waals surface area contributed by atoms with Crippen LogP contribution in [0, 0.1) is 0 Å². The Morgan fingerprint density at radius 2 is 1.96 bits per heavy atom. The summed E-state index contributed by atoms with van der Waals surface area (Å²) in [6, 6.07) is 11.0. The van der Waals surface area contributed by atoms with Crippen molar-refractivity contribution in [2.24, 2.45) is 0 Å². The molecule has 1 aliphatic carbocycles. The fourth-order valence-electron chi connectivity index (χ4n) is 2.79. The van der Waals surface area contributed by atoms with Gasteiger partial charge in [-0.3, -0.25) is 9.59 Å². The first-order valence-electron chi connectivity index (χ1n) is 8.20. The number of carbonyl (C=O) groups excluding carboxylic acids is 1. The van der Waals surface area contributed by atoms with Gasteiger partial charge in [0.15, 0.2) is 5.16 Å². The highest BCUT2D eigenvalue weighted by Gasteiger charge is 2.18. The van der Waals surface area contributed by atoms with Crippen LogP contribution in [0.2, 0.25) is 0 Å². The topological polar surface area (TPSA) is 72.0 Å². The van der Waals surface area contributed by atoms with E-state index in [2.05, 4.69) is 9.97 Å². The van der Waals surface area contributed by atoms with Crippen molar-refractivity contribution in [3.63, 3.8) is 0 Å². The molecule has 1 saturated carbocycles. The van der Waals surface area contributed by atoms with Gasteiger partial charge in [-0.2, -0.15) is 0 Å². The van der Waals surface area contributed by atoms with E-state index in [0.29, 0.717) is 10.9 Å². The molecule has 5 nitrogen and oxygen atoms in total. The van der Waals surface area contributed by atoms with Crippen LogP contribution in [0.25, 0.3) is 11.3 Å². The summed E-state index contributed by atoms with van der Waals surface area (Å²) in [4.78, 5) is 30.9. The van der Waals surface area contributed by atoms with Crippen LogP contribution in [-0.4, -0.2) is 27.8 Å². The van der Waals surface area contributed by atoms with E-state index in [0.717, 1.165) is 31.2 Å². The largest absolute Gasteiger partial charge is 0.462 e. The highest BCUT2D eigenvalue weighted by atomic mass is 32.2. The molecule has 1 N–H and O–H groups in total. The standard InChI is InChI=1S/C18H20N2O3S/c21-16-11-15(13-7-3-1-4-8-13)19-18(20-16)24-12-17(22)23-14-9-5-2-6-10-14/h1,3-4,7-8,11,14H,2,5-6,9-10,12H2,(H,19,20,21). The SMILES string of the molecule is O=C(CSc1nc(-c2ccccc2)cc(=O)[nH]1)OC1CCCCC1. The van der Waals surface area contributed by atoms with Crippen LogP contribution in [0.5, 0.6) is 0 Å². The normalized spacial score (nSPS) is 15.2. The first kappa shape index (κ1) is 16.8. The number of ether oxygens (including phenoxy) is 1. The summed E-state index contributed by atoms with van der Waals surface area (Å²) in [6.45, 7) is 0. The summed E-state index contributed by atoms with van der Waals surface area (Å²) in [5.74, 6) is -0.0998. The summed E-state index contributed by atoms with van der Waals surface area (Å²) in [6.07, 6.45) is 5.43. The molecule has 1 aromatic carbocycles. The maximum atomic E-state index is 12.0. The average Bonchev–Trinajstić information content (AvgIpc) is 2.61. The molecule has 0 bridgehead atoms. The number of hydrogen-bond donors (Lipinski definition) is 1.